The molecule has 0 atom stereocenters. The van der Waals surface area contributed by atoms with Gasteiger partial charge >= 0.3 is 0 Å². The Hall–Kier alpha value is -1.24. The van der Waals surface area contributed by atoms with E-state index < -0.39 is 9.84 Å². The molecule has 0 spiro atoms. The van der Waals surface area contributed by atoms with Gasteiger partial charge in [0.2, 0.25) is 0 Å². The number of nitrogens with two attached hydrogens (primary N) is 1. The lowest BCUT2D eigenvalue weighted by molar-refractivity contribution is 0.411. The summed E-state index contributed by atoms with van der Waals surface area (Å²) in [6.45, 7) is 2.52. The Morgan fingerprint density at radius 1 is 1.30 bits per heavy atom. The smallest absolute Gasteiger partial charge is 0.182 e. The van der Waals surface area contributed by atoms with Crippen LogP contribution in [0.1, 0.15) is 51.5 Å². The molecule has 1 aromatic heterocycles. The number of hydrogen-bond donors (Lipinski definition) is 2. The highest BCUT2D eigenvalue weighted by molar-refractivity contribution is 7.91. The lowest BCUT2D eigenvalue weighted by Crippen LogP contribution is -2.13. The van der Waals surface area contributed by atoms with Crippen molar-refractivity contribution < 1.29 is 8.42 Å². The normalized spacial score (nSPS) is 17.9. The van der Waals surface area contributed by atoms with Crippen LogP contribution in [0, 0.1) is 0 Å². The molecule has 1 saturated carbocycles. The molecule has 1 aliphatic rings. The van der Waals surface area contributed by atoms with Crippen molar-refractivity contribution in [2.75, 3.05) is 23.9 Å². The van der Waals surface area contributed by atoms with Gasteiger partial charge in [0, 0.05) is 12.8 Å². The maximum absolute atomic E-state index is 11.9. The molecule has 3 N–H and O–H groups in total. The second-order valence-corrected chi connectivity index (χ2v) is 7.41. The van der Waals surface area contributed by atoms with E-state index in [-0.39, 0.29) is 16.8 Å². The highest BCUT2D eigenvalue weighted by atomic mass is 32.2. The zero-order valence-corrected chi connectivity index (χ0v) is 13.0. The minimum Gasteiger partial charge on any atom is -0.383 e. The SMILES string of the molecule is CCNc1nn(C2CCCCCC2)c(N)c1S(C)(=O)=O. The number of nitrogens with zero attached hydrogens (tertiary/aromatic N) is 2. The topological polar surface area (TPSA) is 90.0 Å². The third-order valence-corrected chi connectivity index (χ3v) is 4.93. The maximum Gasteiger partial charge on any atom is 0.182 e. The monoisotopic (exact) mass is 300 g/mol. The third-order valence-electron chi connectivity index (χ3n) is 3.79. The average molecular weight is 300 g/mol. The highest BCUT2D eigenvalue weighted by Crippen LogP contribution is 2.34. The number of rotatable bonds is 4. The lowest BCUT2D eigenvalue weighted by atomic mass is 10.1. The van der Waals surface area contributed by atoms with Gasteiger partial charge in [0.25, 0.3) is 0 Å². The Labute approximate surface area is 120 Å². The average Bonchev–Trinajstić information content (AvgIpc) is 2.55. The van der Waals surface area contributed by atoms with Crippen LogP contribution in [0.5, 0.6) is 0 Å². The van der Waals surface area contributed by atoms with Crippen molar-refractivity contribution in [2.24, 2.45) is 0 Å². The molecule has 0 radical (unpaired) electrons. The predicted molar refractivity (Wildman–Crippen MR) is 80.7 cm³/mol. The van der Waals surface area contributed by atoms with Gasteiger partial charge in [-0.15, -0.1) is 0 Å². The van der Waals surface area contributed by atoms with Crippen LogP contribution >= 0.6 is 0 Å². The van der Waals surface area contributed by atoms with E-state index in [1.54, 1.807) is 4.68 Å². The van der Waals surface area contributed by atoms with Crippen molar-refractivity contribution in [3.63, 3.8) is 0 Å². The number of sulfone groups is 1. The molecule has 1 aromatic rings. The summed E-state index contributed by atoms with van der Waals surface area (Å²) in [6.07, 6.45) is 7.97. The Bertz CT molecular complexity index is 557. The first-order valence-electron chi connectivity index (χ1n) is 7.27. The second-order valence-electron chi connectivity index (χ2n) is 5.46. The van der Waals surface area contributed by atoms with Gasteiger partial charge in [-0.3, -0.25) is 0 Å². The Morgan fingerprint density at radius 3 is 2.40 bits per heavy atom. The van der Waals surface area contributed by atoms with Gasteiger partial charge in [-0.25, -0.2) is 13.1 Å². The van der Waals surface area contributed by atoms with Crippen LogP contribution in [0.4, 0.5) is 11.6 Å². The second kappa shape index (κ2) is 6.03. The summed E-state index contributed by atoms with van der Waals surface area (Å²) in [5.74, 6) is 0.659. The molecule has 7 heteroatoms. The van der Waals surface area contributed by atoms with Crippen LogP contribution in [0.2, 0.25) is 0 Å². The lowest BCUT2D eigenvalue weighted by Gasteiger charge is -2.16. The Morgan fingerprint density at radius 2 is 1.90 bits per heavy atom. The number of anilines is 2. The molecular formula is C13H24N4O2S. The van der Waals surface area contributed by atoms with Gasteiger partial charge in [0.1, 0.15) is 5.82 Å². The van der Waals surface area contributed by atoms with E-state index in [9.17, 15) is 8.42 Å². The first-order valence-corrected chi connectivity index (χ1v) is 9.16. The molecule has 0 aliphatic heterocycles. The molecule has 114 valence electrons. The summed E-state index contributed by atoms with van der Waals surface area (Å²) in [7, 11) is -3.38. The molecular weight excluding hydrogens is 276 g/mol. The summed E-state index contributed by atoms with van der Waals surface area (Å²) >= 11 is 0. The number of aromatic nitrogens is 2. The quantitative estimate of drug-likeness (QED) is 0.832. The van der Waals surface area contributed by atoms with E-state index in [0.717, 1.165) is 25.7 Å². The van der Waals surface area contributed by atoms with Gasteiger partial charge in [0.15, 0.2) is 20.6 Å². The fourth-order valence-corrected chi connectivity index (χ4v) is 3.80. The molecule has 1 heterocycles. The van der Waals surface area contributed by atoms with Gasteiger partial charge in [-0.05, 0) is 19.8 Å². The van der Waals surface area contributed by atoms with Gasteiger partial charge in [0.05, 0.1) is 6.04 Å². The standard InChI is InChI=1S/C13H24N4O2S/c1-3-15-13-11(20(2,18)19)12(14)17(16-13)10-8-6-4-5-7-9-10/h10H,3-9,14H2,1-2H3,(H,15,16). The molecule has 20 heavy (non-hydrogen) atoms. The molecule has 0 bridgehead atoms. The Kier molecular flexibility index (Phi) is 4.57. The van der Waals surface area contributed by atoms with E-state index >= 15 is 0 Å². The molecule has 0 saturated heterocycles. The number of hydrogen-bond acceptors (Lipinski definition) is 5. The van der Waals surface area contributed by atoms with E-state index in [1.165, 1.54) is 19.1 Å². The van der Waals surface area contributed by atoms with Gasteiger partial charge < -0.3 is 11.1 Å². The van der Waals surface area contributed by atoms with Crippen molar-refractivity contribution in [1.82, 2.24) is 9.78 Å². The van der Waals surface area contributed by atoms with Crippen molar-refractivity contribution in [2.45, 2.75) is 56.4 Å². The van der Waals surface area contributed by atoms with Crippen LogP contribution in [-0.4, -0.2) is 31.0 Å². The van der Waals surface area contributed by atoms with Crippen molar-refractivity contribution in [3.8, 4) is 0 Å². The first-order chi connectivity index (χ1) is 9.45. The molecule has 0 unspecified atom stereocenters. The summed E-state index contributed by atoms with van der Waals surface area (Å²) < 4.78 is 25.6. The summed E-state index contributed by atoms with van der Waals surface area (Å²) in [5.41, 5.74) is 6.08. The molecule has 1 fully saturated rings. The number of nitrogen functional groups attached to an aromatic ring is 1. The largest absolute Gasteiger partial charge is 0.383 e. The minimum absolute atomic E-state index is 0.142. The summed E-state index contributed by atoms with van der Waals surface area (Å²) in [4.78, 5) is 0.142. The van der Waals surface area contributed by atoms with Crippen LogP contribution in [-0.2, 0) is 9.84 Å². The van der Waals surface area contributed by atoms with Crippen molar-refractivity contribution >= 4 is 21.5 Å². The minimum atomic E-state index is -3.38. The van der Waals surface area contributed by atoms with E-state index in [0.29, 0.717) is 12.4 Å². The van der Waals surface area contributed by atoms with Crippen molar-refractivity contribution in [1.29, 1.82) is 0 Å². The van der Waals surface area contributed by atoms with E-state index in [2.05, 4.69) is 10.4 Å². The van der Waals surface area contributed by atoms with E-state index in [1.807, 2.05) is 6.92 Å². The number of nitrogens with one attached hydrogen (secondary N) is 1. The zero-order valence-electron chi connectivity index (χ0n) is 12.2. The highest BCUT2D eigenvalue weighted by Gasteiger charge is 2.27. The maximum atomic E-state index is 11.9. The van der Waals surface area contributed by atoms with Crippen LogP contribution < -0.4 is 11.1 Å². The summed E-state index contributed by atoms with van der Waals surface area (Å²) in [5, 5.41) is 7.44. The molecule has 6 nitrogen and oxygen atoms in total. The van der Waals surface area contributed by atoms with Gasteiger partial charge in [-0.1, -0.05) is 25.7 Å². The summed E-state index contributed by atoms with van der Waals surface area (Å²) in [6, 6.07) is 0.213. The fraction of sp³-hybridized carbons (Fsp3) is 0.769. The Balaban J connectivity index is 2.43. The van der Waals surface area contributed by atoms with Crippen LogP contribution in [0.3, 0.4) is 0 Å². The predicted octanol–water partition coefficient (Wildman–Crippen LogP) is 2.20. The zero-order chi connectivity index (χ0) is 14.8. The molecule has 1 aliphatic carbocycles. The molecule has 2 rings (SSSR count). The third kappa shape index (κ3) is 3.08. The fourth-order valence-electron chi connectivity index (χ4n) is 2.86. The van der Waals surface area contributed by atoms with E-state index in [4.69, 9.17) is 5.73 Å². The van der Waals surface area contributed by atoms with Crippen LogP contribution in [0.15, 0.2) is 4.90 Å². The van der Waals surface area contributed by atoms with Crippen LogP contribution in [0.25, 0.3) is 0 Å². The molecule has 0 amide bonds. The van der Waals surface area contributed by atoms with Gasteiger partial charge in [-0.2, -0.15) is 5.10 Å². The van der Waals surface area contributed by atoms with Crippen molar-refractivity contribution in [3.05, 3.63) is 0 Å². The first kappa shape index (κ1) is 15.2. The molecule has 0 aromatic carbocycles.